The van der Waals surface area contributed by atoms with Crippen molar-refractivity contribution in [3.63, 3.8) is 0 Å². The molecule has 1 N–H and O–H groups in total. The molecule has 0 unspecified atom stereocenters. The van der Waals surface area contributed by atoms with Crippen molar-refractivity contribution in [2.75, 3.05) is 11.9 Å². The maximum Gasteiger partial charge on any atom is 0.278 e. The second-order valence-corrected chi connectivity index (χ2v) is 8.78. The number of anilines is 1. The van der Waals surface area contributed by atoms with Crippen molar-refractivity contribution < 1.29 is 18.7 Å². The number of nitrogens with zero attached hydrogens (tertiary/aromatic N) is 1. The number of aryl methyl sites for hydroxylation is 1. The fourth-order valence-electron chi connectivity index (χ4n) is 3.54. The van der Waals surface area contributed by atoms with Crippen LogP contribution in [-0.4, -0.2) is 23.3 Å². The van der Waals surface area contributed by atoms with Crippen LogP contribution in [0.3, 0.4) is 0 Å². The van der Waals surface area contributed by atoms with E-state index >= 15 is 0 Å². The molecule has 2 aromatic carbocycles. The first-order valence-electron chi connectivity index (χ1n) is 10.7. The van der Waals surface area contributed by atoms with Gasteiger partial charge in [-0.1, -0.05) is 37.6 Å². The summed E-state index contributed by atoms with van der Waals surface area (Å²) in [5, 5.41) is 3.77. The summed E-state index contributed by atoms with van der Waals surface area (Å²) in [7, 11) is 0. The summed E-state index contributed by atoms with van der Waals surface area (Å²) < 4.78 is 11.1. The van der Waals surface area contributed by atoms with Crippen LogP contribution in [0.25, 0.3) is 5.57 Å². The van der Waals surface area contributed by atoms with E-state index in [1.165, 1.54) is 11.2 Å². The van der Waals surface area contributed by atoms with Crippen LogP contribution in [0.5, 0.6) is 5.75 Å². The van der Waals surface area contributed by atoms with Crippen LogP contribution in [0.1, 0.15) is 30.7 Å². The van der Waals surface area contributed by atoms with Crippen LogP contribution in [0.2, 0.25) is 5.02 Å². The minimum atomic E-state index is -0.416. The van der Waals surface area contributed by atoms with Gasteiger partial charge in [0.15, 0.2) is 0 Å². The van der Waals surface area contributed by atoms with Crippen LogP contribution >= 0.6 is 11.6 Å². The quantitative estimate of drug-likeness (QED) is 0.435. The van der Waals surface area contributed by atoms with Crippen molar-refractivity contribution in [2.24, 2.45) is 5.92 Å². The van der Waals surface area contributed by atoms with E-state index in [1.807, 2.05) is 19.1 Å². The summed E-state index contributed by atoms with van der Waals surface area (Å²) in [6.45, 7) is 6.68. The van der Waals surface area contributed by atoms with Crippen LogP contribution in [0.15, 0.2) is 71.0 Å². The highest BCUT2D eigenvalue weighted by molar-refractivity contribution is 6.36. The number of furan rings is 1. The standard InChI is InChI=1S/C26H25ClN2O4/c1-16(2)15-33-20-9-6-18(7-10-20)23-24(28-22-11-8-19(27)13-17(22)3)26(31)29(25(23)30)14-21-5-4-12-32-21/h4-13,16,28H,14-15H2,1-3H3. The number of benzene rings is 2. The summed E-state index contributed by atoms with van der Waals surface area (Å²) in [6.07, 6.45) is 1.51. The number of carbonyl (C=O) groups is 2. The number of hydrogen-bond acceptors (Lipinski definition) is 5. The summed E-state index contributed by atoms with van der Waals surface area (Å²) in [5.74, 6) is 0.829. The number of imide groups is 1. The molecule has 0 spiro atoms. The van der Waals surface area contributed by atoms with E-state index in [9.17, 15) is 9.59 Å². The maximum atomic E-state index is 13.4. The summed E-state index contributed by atoms with van der Waals surface area (Å²) in [5.41, 5.74) is 2.70. The van der Waals surface area contributed by atoms with Gasteiger partial charge in [0.25, 0.3) is 11.8 Å². The van der Waals surface area contributed by atoms with Crippen LogP contribution in [-0.2, 0) is 16.1 Å². The van der Waals surface area contributed by atoms with E-state index in [2.05, 4.69) is 19.2 Å². The zero-order valence-electron chi connectivity index (χ0n) is 18.7. The monoisotopic (exact) mass is 464 g/mol. The highest BCUT2D eigenvalue weighted by atomic mass is 35.5. The van der Waals surface area contributed by atoms with Gasteiger partial charge in [-0.25, -0.2) is 0 Å². The van der Waals surface area contributed by atoms with E-state index in [4.69, 9.17) is 20.8 Å². The Hall–Kier alpha value is -3.51. The van der Waals surface area contributed by atoms with Crippen molar-refractivity contribution in [1.29, 1.82) is 0 Å². The molecule has 6 nitrogen and oxygen atoms in total. The first-order valence-corrected chi connectivity index (χ1v) is 11.1. The molecule has 2 amide bonds. The summed E-state index contributed by atoms with van der Waals surface area (Å²) in [4.78, 5) is 27.9. The lowest BCUT2D eigenvalue weighted by Crippen LogP contribution is -2.31. The molecular formula is C26H25ClN2O4. The Morgan fingerprint density at radius 1 is 1.06 bits per heavy atom. The number of rotatable bonds is 8. The molecule has 33 heavy (non-hydrogen) atoms. The molecule has 0 saturated heterocycles. The van der Waals surface area contributed by atoms with Gasteiger partial charge in [0.05, 0.1) is 25.0 Å². The van der Waals surface area contributed by atoms with Gasteiger partial charge in [0.2, 0.25) is 0 Å². The second-order valence-electron chi connectivity index (χ2n) is 8.34. The van der Waals surface area contributed by atoms with Gasteiger partial charge in [-0.3, -0.25) is 14.5 Å². The zero-order chi connectivity index (χ0) is 23.5. The number of amides is 2. The summed E-state index contributed by atoms with van der Waals surface area (Å²) >= 11 is 6.08. The number of ether oxygens (including phenoxy) is 1. The SMILES string of the molecule is Cc1cc(Cl)ccc1NC1=C(c2ccc(OCC(C)C)cc2)C(=O)N(Cc2ccco2)C1=O. The number of hydrogen-bond donors (Lipinski definition) is 1. The average Bonchev–Trinajstić information content (AvgIpc) is 3.37. The highest BCUT2D eigenvalue weighted by Gasteiger charge is 2.39. The second kappa shape index (κ2) is 9.55. The lowest BCUT2D eigenvalue weighted by Gasteiger charge is -2.14. The molecule has 0 fully saturated rings. The number of nitrogens with one attached hydrogen (secondary N) is 1. The lowest BCUT2D eigenvalue weighted by atomic mass is 10.0. The molecule has 4 rings (SSSR count). The van der Waals surface area contributed by atoms with E-state index < -0.39 is 5.91 Å². The molecule has 1 aromatic heterocycles. The molecule has 0 bridgehead atoms. The largest absolute Gasteiger partial charge is 0.493 e. The van der Waals surface area contributed by atoms with Crippen molar-refractivity contribution in [3.8, 4) is 5.75 Å². The Kier molecular flexibility index (Phi) is 6.56. The molecule has 0 atom stereocenters. The molecule has 7 heteroatoms. The topological polar surface area (TPSA) is 71.8 Å². The Morgan fingerprint density at radius 2 is 1.82 bits per heavy atom. The molecule has 3 aromatic rings. The summed E-state index contributed by atoms with van der Waals surface area (Å²) in [6, 6.07) is 16.0. The first-order chi connectivity index (χ1) is 15.8. The minimum absolute atomic E-state index is 0.0501. The van der Waals surface area contributed by atoms with E-state index in [0.717, 1.165) is 5.56 Å². The fraction of sp³-hybridized carbons (Fsp3) is 0.231. The molecule has 1 aliphatic rings. The fourth-order valence-corrected chi connectivity index (χ4v) is 3.77. The van der Waals surface area contributed by atoms with Gasteiger partial charge in [0.1, 0.15) is 17.2 Å². The van der Waals surface area contributed by atoms with E-state index in [1.54, 1.807) is 42.5 Å². The minimum Gasteiger partial charge on any atom is -0.493 e. The lowest BCUT2D eigenvalue weighted by molar-refractivity contribution is -0.137. The van der Waals surface area contributed by atoms with E-state index in [-0.39, 0.29) is 18.1 Å². The van der Waals surface area contributed by atoms with Crippen LogP contribution < -0.4 is 10.1 Å². The molecular weight excluding hydrogens is 440 g/mol. The predicted molar refractivity (Wildman–Crippen MR) is 128 cm³/mol. The van der Waals surface area contributed by atoms with Gasteiger partial charge in [-0.05, 0) is 66.4 Å². The van der Waals surface area contributed by atoms with Gasteiger partial charge in [0, 0.05) is 10.7 Å². The highest BCUT2D eigenvalue weighted by Crippen LogP contribution is 2.33. The van der Waals surface area contributed by atoms with Crippen molar-refractivity contribution >= 4 is 34.7 Å². The zero-order valence-corrected chi connectivity index (χ0v) is 19.5. The molecule has 0 radical (unpaired) electrons. The van der Waals surface area contributed by atoms with Crippen molar-refractivity contribution in [3.05, 3.63) is 88.5 Å². The Labute approximate surface area is 197 Å². The first kappa shape index (κ1) is 22.7. The number of halogens is 1. The van der Waals surface area contributed by atoms with Gasteiger partial charge in [-0.15, -0.1) is 0 Å². The van der Waals surface area contributed by atoms with Gasteiger partial charge >= 0.3 is 0 Å². The molecule has 0 aliphatic carbocycles. The molecule has 0 saturated carbocycles. The number of carbonyl (C=O) groups excluding carboxylic acids is 2. The van der Waals surface area contributed by atoms with Crippen molar-refractivity contribution in [1.82, 2.24) is 4.90 Å². The molecule has 1 aliphatic heterocycles. The Bertz CT molecular complexity index is 1200. The predicted octanol–water partition coefficient (Wildman–Crippen LogP) is 5.67. The third kappa shape index (κ3) is 4.96. The normalized spacial score (nSPS) is 13.9. The van der Waals surface area contributed by atoms with E-state index in [0.29, 0.717) is 45.9 Å². The molecule has 170 valence electrons. The maximum absolute atomic E-state index is 13.4. The van der Waals surface area contributed by atoms with Gasteiger partial charge < -0.3 is 14.5 Å². The molecule has 2 heterocycles. The smallest absolute Gasteiger partial charge is 0.278 e. The van der Waals surface area contributed by atoms with Crippen molar-refractivity contribution in [2.45, 2.75) is 27.3 Å². The third-order valence-electron chi connectivity index (χ3n) is 5.24. The van der Waals surface area contributed by atoms with Crippen LogP contribution in [0, 0.1) is 12.8 Å². The van der Waals surface area contributed by atoms with Crippen LogP contribution in [0.4, 0.5) is 5.69 Å². The van der Waals surface area contributed by atoms with Gasteiger partial charge in [-0.2, -0.15) is 0 Å². The Balaban J connectivity index is 1.70. The average molecular weight is 465 g/mol. The Morgan fingerprint density at radius 3 is 2.45 bits per heavy atom. The third-order valence-corrected chi connectivity index (χ3v) is 5.47.